The molecule has 0 aromatic heterocycles. The zero-order valence-electron chi connectivity index (χ0n) is 15.1. The van der Waals surface area contributed by atoms with Crippen molar-refractivity contribution in [1.29, 1.82) is 0 Å². The van der Waals surface area contributed by atoms with Gasteiger partial charge in [-0.3, -0.25) is 0 Å². The lowest BCUT2D eigenvalue weighted by atomic mass is 9.69. The fourth-order valence-corrected chi connectivity index (χ4v) is 2.54. The zero-order valence-corrected chi connectivity index (χ0v) is 15.1. The number of hydrogen-bond acceptors (Lipinski definition) is 3. The summed E-state index contributed by atoms with van der Waals surface area (Å²) in [7, 11) is 0. The van der Waals surface area contributed by atoms with E-state index in [-0.39, 0.29) is 16.9 Å². The molecule has 0 aromatic rings. The van der Waals surface area contributed by atoms with E-state index in [1.165, 1.54) is 0 Å². The topological polar surface area (TPSA) is 64.3 Å². The number of nitrogens with one attached hydrogen (secondary N) is 1. The molecule has 0 fully saturated rings. The van der Waals surface area contributed by atoms with Gasteiger partial charge < -0.3 is 15.8 Å². The highest BCUT2D eigenvalue weighted by Gasteiger charge is 2.32. The summed E-state index contributed by atoms with van der Waals surface area (Å²) in [5, 5.41) is 2.86. The van der Waals surface area contributed by atoms with E-state index in [0.717, 1.165) is 25.7 Å². The monoisotopic (exact) mass is 300 g/mol. The van der Waals surface area contributed by atoms with E-state index in [4.69, 9.17) is 10.5 Å². The Hall–Kier alpha value is -0.770. The van der Waals surface area contributed by atoms with Crippen molar-refractivity contribution >= 4 is 6.09 Å². The number of ether oxygens (including phenoxy) is 1. The first-order valence-electron chi connectivity index (χ1n) is 8.16. The minimum Gasteiger partial charge on any atom is -0.444 e. The fourth-order valence-electron chi connectivity index (χ4n) is 2.54. The summed E-state index contributed by atoms with van der Waals surface area (Å²) in [4.78, 5) is 11.7. The average molecular weight is 300 g/mol. The largest absolute Gasteiger partial charge is 0.444 e. The van der Waals surface area contributed by atoms with E-state index in [0.29, 0.717) is 13.1 Å². The van der Waals surface area contributed by atoms with Crippen LogP contribution in [0.4, 0.5) is 4.79 Å². The Kier molecular flexibility index (Phi) is 7.73. The Morgan fingerprint density at radius 2 is 1.57 bits per heavy atom. The van der Waals surface area contributed by atoms with Gasteiger partial charge in [-0.2, -0.15) is 0 Å². The second-order valence-electron chi connectivity index (χ2n) is 7.89. The molecule has 1 amide bonds. The van der Waals surface area contributed by atoms with Gasteiger partial charge in [0.05, 0.1) is 0 Å². The van der Waals surface area contributed by atoms with Gasteiger partial charge in [0.25, 0.3) is 0 Å². The van der Waals surface area contributed by atoms with Crippen LogP contribution < -0.4 is 11.1 Å². The van der Waals surface area contributed by atoms with Crippen LogP contribution in [0.3, 0.4) is 0 Å². The number of rotatable bonds is 8. The van der Waals surface area contributed by atoms with Crippen LogP contribution in [0, 0.1) is 10.8 Å². The number of nitrogens with two attached hydrogens (primary N) is 1. The summed E-state index contributed by atoms with van der Waals surface area (Å²) >= 11 is 0. The van der Waals surface area contributed by atoms with Crippen molar-refractivity contribution in [2.24, 2.45) is 16.6 Å². The van der Waals surface area contributed by atoms with Crippen molar-refractivity contribution < 1.29 is 9.53 Å². The van der Waals surface area contributed by atoms with Crippen LogP contribution in [0.2, 0.25) is 0 Å². The molecule has 0 rings (SSSR count). The smallest absolute Gasteiger partial charge is 0.407 e. The highest BCUT2D eigenvalue weighted by atomic mass is 16.6. The minimum absolute atomic E-state index is 0.177. The van der Waals surface area contributed by atoms with Crippen LogP contribution in [-0.4, -0.2) is 24.8 Å². The Morgan fingerprint density at radius 3 is 1.95 bits per heavy atom. The molecular weight excluding hydrogens is 264 g/mol. The second-order valence-corrected chi connectivity index (χ2v) is 7.89. The number of carbonyl (C=O) groups excluding carboxylic acids is 1. The Bertz CT molecular complexity index is 319. The first-order chi connectivity index (χ1) is 9.49. The molecule has 0 aliphatic heterocycles. The normalized spacial score (nSPS) is 17.7. The molecule has 4 heteroatoms. The maximum Gasteiger partial charge on any atom is 0.407 e. The molecule has 0 aliphatic carbocycles. The van der Waals surface area contributed by atoms with Crippen LogP contribution >= 0.6 is 0 Å². The van der Waals surface area contributed by atoms with Crippen molar-refractivity contribution in [1.82, 2.24) is 5.32 Å². The third-order valence-corrected chi connectivity index (χ3v) is 4.45. The summed E-state index contributed by atoms with van der Waals surface area (Å²) < 4.78 is 5.26. The molecule has 0 saturated heterocycles. The lowest BCUT2D eigenvalue weighted by Crippen LogP contribution is -2.37. The second kappa shape index (κ2) is 8.02. The SMILES string of the molecule is CCC(C)(CN)CC(C)(CC)CCNC(=O)OC(C)(C)C. The first kappa shape index (κ1) is 20.2. The Balaban J connectivity index is 4.40. The van der Waals surface area contributed by atoms with Crippen LogP contribution in [0.5, 0.6) is 0 Å². The summed E-state index contributed by atoms with van der Waals surface area (Å²) in [5.41, 5.74) is 5.86. The van der Waals surface area contributed by atoms with Crippen molar-refractivity contribution in [2.75, 3.05) is 13.1 Å². The summed E-state index contributed by atoms with van der Waals surface area (Å²) in [6.07, 6.45) is 3.85. The van der Waals surface area contributed by atoms with E-state index in [1.807, 2.05) is 20.8 Å². The molecule has 0 heterocycles. The number of amides is 1. The van der Waals surface area contributed by atoms with E-state index < -0.39 is 5.60 Å². The molecule has 0 aromatic carbocycles. The Labute approximate surface area is 131 Å². The van der Waals surface area contributed by atoms with Crippen molar-refractivity contribution in [2.45, 2.75) is 79.8 Å². The predicted octanol–water partition coefficient (Wildman–Crippen LogP) is 4.08. The van der Waals surface area contributed by atoms with Crippen LogP contribution in [0.15, 0.2) is 0 Å². The van der Waals surface area contributed by atoms with E-state index in [2.05, 4.69) is 33.0 Å². The standard InChI is InChI=1S/C17H36N2O2/c1-8-16(6,12-17(7,9-2)13-18)10-11-19-14(20)21-15(3,4)5/h8-13,18H2,1-7H3,(H,19,20). The van der Waals surface area contributed by atoms with E-state index in [1.54, 1.807) is 0 Å². The van der Waals surface area contributed by atoms with Crippen LogP contribution in [0.1, 0.15) is 74.1 Å². The molecule has 4 nitrogen and oxygen atoms in total. The number of carbonyl (C=O) groups is 1. The molecule has 126 valence electrons. The van der Waals surface area contributed by atoms with Gasteiger partial charge in [-0.05, 0) is 57.4 Å². The molecule has 21 heavy (non-hydrogen) atoms. The molecule has 0 spiro atoms. The number of hydrogen-bond donors (Lipinski definition) is 2. The lowest BCUT2D eigenvalue weighted by molar-refractivity contribution is 0.0514. The summed E-state index contributed by atoms with van der Waals surface area (Å²) in [6.45, 7) is 15.9. The maximum absolute atomic E-state index is 11.7. The number of alkyl carbamates (subject to hydrolysis) is 1. The summed E-state index contributed by atoms with van der Waals surface area (Å²) in [6, 6.07) is 0. The molecule has 0 saturated carbocycles. The van der Waals surface area contributed by atoms with Crippen molar-refractivity contribution in [3.05, 3.63) is 0 Å². The first-order valence-corrected chi connectivity index (χ1v) is 8.16. The van der Waals surface area contributed by atoms with Gasteiger partial charge in [-0.25, -0.2) is 4.79 Å². The van der Waals surface area contributed by atoms with Gasteiger partial charge in [-0.1, -0.05) is 34.1 Å². The van der Waals surface area contributed by atoms with Crippen molar-refractivity contribution in [3.8, 4) is 0 Å². The van der Waals surface area contributed by atoms with Gasteiger partial charge in [0.2, 0.25) is 0 Å². The molecule has 2 unspecified atom stereocenters. The van der Waals surface area contributed by atoms with Gasteiger partial charge in [-0.15, -0.1) is 0 Å². The molecule has 2 atom stereocenters. The predicted molar refractivity (Wildman–Crippen MR) is 89.3 cm³/mol. The third kappa shape index (κ3) is 8.30. The Morgan fingerprint density at radius 1 is 1.05 bits per heavy atom. The van der Waals surface area contributed by atoms with E-state index >= 15 is 0 Å². The average Bonchev–Trinajstić information content (AvgIpc) is 2.36. The maximum atomic E-state index is 11.7. The highest BCUT2D eigenvalue weighted by Crippen LogP contribution is 2.40. The molecule has 0 aliphatic rings. The quantitative estimate of drug-likeness (QED) is 0.710. The fraction of sp³-hybridized carbons (Fsp3) is 0.941. The van der Waals surface area contributed by atoms with Gasteiger partial charge in [0.15, 0.2) is 0 Å². The highest BCUT2D eigenvalue weighted by molar-refractivity contribution is 5.67. The van der Waals surface area contributed by atoms with Gasteiger partial charge in [0.1, 0.15) is 5.60 Å². The zero-order chi connectivity index (χ0) is 16.7. The van der Waals surface area contributed by atoms with Crippen molar-refractivity contribution in [3.63, 3.8) is 0 Å². The van der Waals surface area contributed by atoms with E-state index in [9.17, 15) is 4.79 Å². The molecular formula is C17H36N2O2. The van der Waals surface area contributed by atoms with Crippen LogP contribution in [-0.2, 0) is 4.74 Å². The third-order valence-electron chi connectivity index (χ3n) is 4.45. The molecule has 0 radical (unpaired) electrons. The molecule has 0 bridgehead atoms. The van der Waals surface area contributed by atoms with Crippen LogP contribution in [0.25, 0.3) is 0 Å². The molecule has 3 N–H and O–H groups in total. The summed E-state index contributed by atoms with van der Waals surface area (Å²) in [5.74, 6) is 0. The lowest BCUT2D eigenvalue weighted by Gasteiger charge is -2.38. The minimum atomic E-state index is -0.446. The van der Waals surface area contributed by atoms with Gasteiger partial charge >= 0.3 is 6.09 Å². The van der Waals surface area contributed by atoms with Gasteiger partial charge in [0, 0.05) is 6.54 Å².